The van der Waals surface area contributed by atoms with E-state index in [9.17, 15) is 4.79 Å². The third-order valence-corrected chi connectivity index (χ3v) is 1.69. The van der Waals surface area contributed by atoms with Gasteiger partial charge in [0, 0.05) is 20.1 Å². The molecule has 1 unspecified atom stereocenters. The van der Waals surface area contributed by atoms with E-state index in [2.05, 4.69) is 10.5 Å². The number of oxime groups is 1. The third kappa shape index (κ3) is 5.36. The molecule has 0 aromatic heterocycles. The number of ether oxygens (including phenoxy) is 1. The molecule has 6 nitrogen and oxygen atoms in total. The molecule has 0 saturated heterocycles. The average Bonchev–Trinajstić information content (AvgIpc) is 2.16. The van der Waals surface area contributed by atoms with Crippen molar-refractivity contribution in [3.05, 3.63) is 0 Å². The van der Waals surface area contributed by atoms with E-state index in [-0.39, 0.29) is 11.7 Å². The van der Waals surface area contributed by atoms with E-state index in [0.29, 0.717) is 19.4 Å². The number of amidine groups is 1. The van der Waals surface area contributed by atoms with Crippen molar-refractivity contribution < 1.29 is 14.7 Å². The summed E-state index contributed by atoms with van der Waals surface area (Å²) in [6.07, 6.45) is 1.03. The van der Waals surface area contributed by atoms with Crippen LogP contribution in [0.2, 0.25) is 0 Å². The van der Waals surface area contributed by atoms with Crippen molar-refractivity contribution >= 4 is 11.7 Å². The minimum atomic E-state index is -0.449. The Hall–Kier alpha value is -1.30. The fourth-order valence-electron chi connectivity index (χ4n) is 0.851. The van der Waals surface area contributed by atoms with Crippen molar-refractivity contribution in [1.82, 2.24) is 5.32 Å². The quantitative estimate of drug-likeness (QED) is 0.181. The lowest BCUT2D eigenvalue weighted by molar-refractivity contribution is -0.121. The number of carbonyl (C=O) groups excluding carboxylic acids is 1. The van der Waals surface area contributed by atoms with Crippen LogP contribution in [0.4, 0.5) is 0 Å². The predicted octanol–water partition coefficient (Wildman–Crippen LogP) is -0.336. The van der Waals surface area contributed by atoms with Gasteiger partial charge in [-0.1, -0.05) is 5.16 Å². The Bertz CT molecular complexity index is 206. The smallest absolute Gasteiger partial charge is 0.220 e. The van der Waals surface area contributed by atoms with Crippen LogP contribution in [0.25, 0.3) is 0 Å². The molecule has 82 valence electrons. The van der Waals surface area contributed by atoms with Crippen LogP contribution in [0.1, 0.15) is 19.8 Å². The van der Waals surface area contributed by atoms with Gasteiger partial charge in [-0.05, 0) is 13.3 Å². The average molecular weight is 203 g/mol. The number of hydrogen-bond acceptors (Lipinski definition) is 4. The van der Waals surface area contributed by atoms with Crippen LogP contribution in [0.15, 0.2) is 5.16 Å². The van der Waals surface area contributed by atoms with Gasteiger partial charge in [-0.15, -0.1) is 0 Å². The second-order valence-corrected chi connectivity index (χ2v) is 2.91. The number of methoxy groups -OCH3 is 1. The molecule has 0 bridgehead atoms. The Morgan fingerprint density at radius 2 is 2.36 bits per heavy atom. The number of nitrogens with two attached hydrogens (primary N) is 1. The van der Waals surface area contributed by atoms with Gasteiger partial charge in [0.1, 0.15) is 0 Å². The van der Waals surface area contributed by atoms with Gasteiger partial charge in [0.25, 0.3) is 0 Å². The largest absolute Gasteiger partial charge is 0.409 e. The first-order valence-electron chi connectivity index (χ1n) is 4.37. The van der Waals surface area contributed by atoms with Crippen molar-refractivity contribution in [1.29, 1.82) is 0 Å². The molecule has 0 radical (unpaired) electrons. The minimum Gasteiger partial charge on any atom is -0.409 e. The molecule has 0 aliphatic rings. The first-order chi connectivity index (χ1) is 6.61. The zero-order valence-corrected chi connectivity index (χ0v) is 8.49. The van der Waals surface area contributed by atoms with Gasteiger partial charge in [0.05, 0.1) is 6.04 Å². The Morgan fingerprint density at radius 3 is 2.86 bits per heavy atom. The van der Waals surface area contributed by atoms with Crippen molar-refractivity contribution in [3.63, 3.8) is 0 Å². The summed E-state index contributed by atoms with van der Waals surface area (Å²) in [5, 5.41) is 13.7. The lowest BCUT2D eigenvalue weighted by Gasteiger charge is -2.11. The molecule has 0 spiro atoms. The second kappa shape index (κ2) is 7.14. The summed E-state index contributed by atoms with van der Waals surface area (Å²) in [5.74, 6) is -0.147. The van der Waals surface area contributed by atoms with E-state index in [1.54, 1.807) is 14.0 Å². The van der Waals surface area contributed by atoms with E-state index in [4.69, 9.17) is 15.7 Å². The molecular formula is C8H17N3O3. The predicted molar refractivity (Wildman–Crippen MR) is 52.1 cm³/mol. The molecule has 0 rings (SSSR count). The number of rotatable bonds is 6. The summed E-state index contributed by atoms with van der Waals surface area (Å²) in [5.41, 5.74) is 5.28. The van der Waals surface area contributed by atoms with E-state index in [0.717, 1.165) is 0 Å². The highest BCUT2D eigenvalue weighted by molar-refractivity contribution is 5.89. The fraction of sp³-hybridized carbons (Fsp3) is 0.750. The first kappa shape index (κ1) is 12.7. The van der Waals surface area contributed by atoms with Crippen LogP contribution in [0, 0.1) is 0 Å². The van der Waals surface area contributed by atoms with Gasteiger partial charge in [0.2, 0.25) is 5.91 Å². The highest BCUT2D eigenvalue weighted by Crippen LogP contribution is 1.91. The molecule has 14 heavy (non-hydrogen) atoms. The molecule has 0 aliphatic heterocycles. The molecule has 4 N–H and O–H groups in total. The summed E-state index contributed by atoms with van der Waals surface area (Å²) >= 11 is 0. The van der Waals surface area contributed by atoms with Crippen LogP contribution < -0.4 is 11.1 Å². The van der Waals surface area contributed by atoms with Gasteiger partial charge in [-0.2, -0.15) is 0 Å². The maximum Gasteiger partial charge on any atom is 0.220 e. The highest BCUT2D eigenvalue weighted by Gasteiger charge is 2.10. The second-order valence-electron chi connectivity index (χ2n) is 2.91. The summed E-state index contributed by atoms with van der Waals surface area (Å²) in [6, 6.07) is -0.449. The molecule has 0 aromatic rings. The van der Waals surface area contributed by atoms with Gasteiger partial charge < -0.3 is 21.0 Å². The summed E-state index contributed by atoms with van der Waals surface area (Å²) in [6.45, 7) is 2.19. The number of carbonyl (C=O) groups is 1. The molecule has 0 aromatic carbocycles. The van der Waals surface area contributed by atoms with E-state index >= 15 is 0 Å². The van der Waals surface area contributed by atoms with Gasteiger partial charge in [-0.3, -0.25) is 4.79 Å². The van der Waals surface area contributed by atoms with Crippen molar-refractivity contribution in [2.24, 2.45) is 10.9 Å². The molecular weight excluding hydrogens is 186 g/mol. The summed E-state index contributed by atoms with van der Waals surface area (Å²) in [7, 11) is 1.58. The van der Waals surface area contributed by atoms with Crippen LogP contribution in [-0.2, 0) is 9.53 Å². The number of nitrogens with one attached hydrogen (secondary N) is 1. The molecule has 1 atom stereocenters. The number of amides is 1. The van der Waals surface area contributed by atoms with Crippen molar-refractivity contribution in [2.75, 3.05) is 13.7 Å². The SMILES string of the molecule is COCCCC(=O)NC(C)C(N)=NO. The van der Waals surface area contributed by atoms with Crippen LogP contribution in [-0.4, -0.2) is 36.7 Å². The van der Waals surface area contributed by atoms with Crippen LogP contribution >= 0.6 is 0 Å². The van der Waals surface area contributed by atoms with Crippen molar-refractivity contribution in [2.45, 2.75) is 25.8 Å². The molecule has 0 aliphatic carbocycles. The normalized spacial score (nSPS) is 13.7. The van der Waals surface area contributed by atoms with E-state index < -0.39 is 6.04 Å². The zero-order valence-electron chi connectivity index (χ0n) is 8.49. The number of hydrogen-bond donors (Lipinski definition) is 3. The monoisotopic (exact) mass is 203 g/mol. The molecule has 6 heteroatoms. The Morgan fingerprint density at radius 1 is 1.71 bits per heavy atom. The van der Waals surface area contributed by atoms with Gasteiger partial charge in [-0.25, -0.2) is 0 Å². The maximum atomic E-state index is 11.2. The van der Waals surface area contributed by atoms with Crippen LogP contribution in [0.5, 0.6) is 0 Å². The lowest BCUT2D eigenvalue weighted by Crippen LogP contribution is -2.42. The Labute approximate surface area is 83.1 Å². The molecule has 0 fully saturated rings. The van der Waals surface area contributed by atoms with E-state index in [1.807, 2.05) is 0 Å². The third-order valence-electron chi connectivity index (χ3n) is 1.69. The van der Waals surface area contributed by atoms with Crippen LogP contribution in [0.3, 0.4) is 0 Å². The topological polar surface area (TPSA) is 96.9 Å². The number of nitrogens with zero attached hydrogens (tertiary/aromatic N) is 1. The van der Waals surface area contributed by atoms with Crippen molar-refractivity contribution in [3.8, 4) is 0 Å². The zero-order chi connectivity index (χ0) is 11.0. The summed E-state index contributed by atoms with van der Waals surface area (Å²) in [4.78, 5) is 11.2. The molecule has 0 saturated carbocycles. The minimum absolute atomic E-state index is 0.00917. The first-order valence-corrected chi connectivity index (χ1v) is 4.37. The fourth-order valence-corrected chi connectivity index (χ4v) is 0.851. The maximum absolute atomic E-state index is 11.2. The summed E-state index contributed by atoms with van der Waals surface area (Å²) < 4.78 is 4.80. The Balaban J connectivity index is 3.71. The standard InChI is InChI=1S/C8H17N3O3/c1-6(8(9)11-13)10-7(12)4-3-5-14-2/h6,13H,3-5H2,1-2H3,(H2,9,11)(H,10,12). The molecule has 0 heterocycles. The highest BCUT2D eigenvalue weighted by atomic mass is 16.5. The lowest BCUT2D eigenvalue weighted by atomic mass is 10.2. The Kier molecular flexibility index (Phi) is 6.47. The molecule has 1 amide bonds. The van der Waals surface area contributed by atoms with Gasteiger partial charge >= 0.3 is 0 Å². The van der Waals surface area contributed by atoms with Gasteiger partial charge in [0.15, 0.2) is 5.84 Å². The van der Waals surface area contributed by atoms with E-state index in [1.165, 1.54) is 0 Å².